The predicted octanol–water partition coefficient (Wildman–Crippen LogP) is 4.23. The lowest BCUT2D eigenvalue weighted by Crippen LogP contribution is -2.47. The van der Waals surface area contributed by atoms with Gasteiger partial charge in [-0.2, -0.15) is 0 Å². The molecule has 0 aliphatic heterocycles. The van der Waals surface area contributed by atoms with Crippen molar-refractivity contribution >= 4 is 0 Å². The molecule has 1 saturated carbocycles. The van der Waals surface area contributed by atoms with Crippen molar-refractivity contribution in [1.29, 1.82) is 0 Å². The summed E-state index contributed by atoms with van der Waals surface area (Å²) in [4.78, 5) is 0. The first-order chi connectivity index (χ1) is 7.56. The SMILES string of the molecule is CCC(NC1CCCCC1C(C)C)C(C)C. The molecule has 0 aromatic heterocycles. The first-order valence-corrected chi connectivity index (χ1v) is 7.32. The highest BCUT2D eigenvalue weighted by molar-refractivity contribution is 4.85. The number of nitrogens with one attached hydrogen (secondary N) is 1. The molecule has 0 radical (unpaired) electrons. The zero-order chi connectivity index (χ0) is 12.1. The summed E-state index contributed by atoms with van der Waals surface area (Å²) in [6.07, 6.45) is 6.96. The summed E-state index contributed by atoms with van der Waals surface area (Å²) in [5, 5.41) is 3.94. The molecular formula is C15H31N. The summed E-state index contributed by atoms with van der Waals surface area (Å²) in [6, 6.07) is 1.49. The molecule has 0 amide bonds. The van der Waals surface area contributed by atoms with E-state index in [1.807, 2.05) is 0 Å². The minimum Gasteiger partial charge on any atom is -0.311 e. The van der Waals surface area contributed by atoms with E-state index in [1.165, 1.54) is 32.1 Å². The first-order valence-electron chi connectivity index (χ1n) is 7.32. The summed E-state index contributed by atoms with van der Waals surface area (Å²) >= 11 is 0. The summed E-state index contributed by atoms with van der Waals surface area (Å²) < 4.78 is 0. The van der Waals surface area contributed by atoms with Gasteiger partial charge in [-0.05, 0) is 37.0 Å². The fourth-order valence-electron chi connectivity index (χ4n) is 3.22. The van der Waals surface area contributed by atoms with Crippen molar-refractivity contribution in [2.45, 2.75) is 78.8 Å². The van der Waals surface area contributed by atoms with Gasteiger partial charge < -0.3 is 5.32 Å². The van der Waals surface area contributed by atoms with Gasteiger partial charge >= 0.3 is 0 Å². The largest absolute Gasteiger partial charge is 0.311 e. The van der Waals surface area contributed by atoms with E-state index < -0.39 is 0 Å². The number of rotatable bonds is 5. The number of hydrogen-bond acceptors (Lipinski definition) is 1. The molecule has 1 nitrogen and oxygen atoms in total. The normalized spacial score (nSPS) is 28.7. The van der Waals surface area contributed by atoms with Gasteiger partial charge in [-0.15, -0.1) is 0 Å². The lowest BCUT2D eigenvalue weighted by molar-refractivity contribution is 0.178. The Morgan fingerprint density at radius 1 is 1.06 bits per heavy atom. The van der Waals surface area contributed by atoms with Gasteiger partial charge in [0.15, 0.2) is 0 Å². The molecule has 3 atom stereocenters. The first kappa shape index (κ1) is 14.0. The Bertz CT molecular complexity index is 186. The lowest BCUT2D eigenvalue weighted by atomic mass is 9.77. The van der Waals surface area contributed by atoms with E-state index in [2.05, 4.69) is 39.9 Å². The highest BCUT2D eigenvalue weighted by Gasteiger charge is 2.29. The van der Waals surface area contributed by atoms with Crippen LogP contribution in [0.5, 0.6) is 0 Å². The molecule has 0 aromatic carbocycles. The maximum absolute atomic E-state index is 3.94. The van der Waals surface area contributed by atoms with Gasteiger partial charge in [-0.1, -0.05) is 47.5 Å². The molecule has 0 aromatic rings. The Kier molecular flexibility index (Phi) is 5.82. The molecule has 0 bridgehead atoms. The van der Waals surface area contributed by atoms with Gasteiger partial charge in [0.05, 0.1) is 0 Å². The average molecular weight is 225 g/mol. The van der Waals surface area contributed by atoms with Gasteiger partial charge in [0.25, 0.3) is 0 Å². The van der Waals surface area contributed by atoms with Crippen molar-refractivity contribution in [3.63, 3.8) is 0 Å². The second-order valence-electron chi connectivity index (χ2n) is 6.22. The smallest absolute Gasteiger partial charge is 0.0100 e. The van der Waals surface area contributed by atoms with Gasteiger partial charge in [0.2, 0.25) is 0 Å². The molecule has 96 valence electrons. The van der Waals surface area contributed by atoms with Crippen molar-refractivity contribution < 1.29 is 0 Å². The highest BCUT2D eigenvalue weighted by atomic mass is 15.0. The van der Waals surface area contributed by atoms with Crippen molar-refractivity contribution in [1.82, 2.24) is 5.32 Å². The standard InChI is InChI=1S/C15H31N/c1-6-14(12(4)5)16-15-10-8-7-9-13(15)11(2)3/h11-16H,6-10H2,1-5H3. The van der Waals surface area contributed by atoms with Crippen molar-refractivity contribution in [2.75, 3.05) is 0 Å². The van der Waals surface area contributed by atoms with Gasteiger partial charge in [0.1, 0.15) is 0 Å². The van der Waals surface area contributed by atoms with Crippen LogP contribution in [0.2, 0.25) is 0 Å². The minimum absolute atomic E-state index is 0.712. The third-order valence-electron chi connectivity index (χ3n) is 4.35. The van der Waals surface area contributed by atoms with E-state index >= 15 is 0 Å². The Hall–Kier alpha value is -0.0400. The minimum atomic E-state index is 0.712. The zero-order valence-electron chi connectivity index (χ0n) is 11.9. The Morgan fingerprint density at radius 2 is 1.69 bits per heavy atom. The lowest BCUT2D eigenvalue weighted by Gasteiger charge is -2.38. The molecule has 0 heterocycles. The van der Waals surface area contributed by atoms with Crippen molar-refractivity contribution in [3.8, 4) is 0 Å². The summed E-state index contributed by atoms with van der Waals surface area (Å²) in [5.74, 6) is 2.50. The van der Waals surface area contributed by atoms with Crippen LogP contribution in [0.1, 0.15) is 66.7 Å². The molecule has 0 spiro atoms. The monoisotopic (exact) mass is 225 g/mol. The van der Waals surface area contributed by atoms with E-state index in [0.717, 1.165) is 23.8 Å². The predicted molar refractivity (Wildman–Crippen MR) is 72.6 cm³/mol. The van der Waals surface area contributed by atoms with E-state index in [-0.39, 0.29) is 0 Å². The highest BCUT2D eigenvalue weighted by Crippen LogP contribution is 2.31. The Morgan fingerprint density at radius 3 is 2.19 bits per heavy atom. The van der Waals surface area contributed by atoms with Crippen LogP contribution in [-0.4, -0.2) is 12.1 Å². The van der Waals surface area contributed by atoms with Crippen molar-refractivity contribution in [3.05, 3.63) is 0 Å². The van der Waals surface area contributed by atoms with E-state index in [9.17, 15) is 0 Å². The summed E-state index contributed by atoms with van der Waals surface area (Å²) in [6.45, 7) is 11.8. The fourth-order valence-corrected chi connectivity index (χ4v) is 3.22. The van der Waals surface area contributed by atoms with Crippen LogP contribution < -0.4 is 5.32 Å². The maximum Gasteiger partial charge on any atom is 0.0100 e. The molecule has 1 fully saturated rings. The molecule has 3 unspecified atom stereocenters. The van der Waals surface area contributed by atoms with Crippen LogP contribution in [0.4, 0.5) is 0 Å². The van der Waals surface area contributed by atoms with Crippen LogP contribution in [0.3, 0.4) is 0 Å². The van der Waals surface area contributed by atoms with Gasteiger partial charge in [-0.3, -0.25) is 0 Å². The van der Waals surface area contributed by atoms with Crippen LogP contribution in [0.15, 0.2) is 0 Å². The molecule has 16 heavy (non-hydrogen) atoms. The second kappa shape index (κ2) is 6.64. The van der Waals surface area contributed by atoms with Crippen LogP contribution >= 0.6 is 0 Å². The molecule has 1 aliphatic carbocycles. The molecule has 0 saturated heterocycles. The molecular weight excluding hydrogens is 194 g/mol. The maximum atomic E-state index is 3.94. The molecule has 1 heteroatoms. The second-order valence-corrected chi connectivity index (χ2v) is 6.22. The Labute approximate surface area is 102 Å². The topological polar surface area (TPSA) is 12.0 Å². The third-order valence-corrected chi connectivity index (χ3v) is 4.35. The van der Waals surface area contributed by atoms with Gasteiger partial charge in [-0.25, -0.2) is 0 Å². The van der Waals surface area contributed by atoms with Crippen LogP contribution in [0, 0.1) is 17.8 Å². The van der Waals surface area contributed by atoms with E-state index in [4.69, 9.17) is 0 Å². The Balaban J connectivity index is 2.54. The van der Waals surface area contributed by atoms with Gasteiger partial charge in [0, 0.05) is 12.1 Å². The van der Waals surface area contributed by atoms with E-state index in [1.54, 1.807) is 0 Å². The zero-order valence-corrected chi connectivity index (χ0v) is 11.9. The molecule has 1 rings (SSSR count). The molecule has 1 N–H and O–H groups in total. The molecule has 1 aliphatic rings. The van der Waals surface area contributed by atoms with E-state index in [0.29, 0.717) is 6.04 Å². The summed E-state index contributed by atoms with van der Waals surface area (Å²) in [5.41, 5.74) is 0. The average Bonchev–Trinajstić information content (AvgIpc) is 2.25. The summed E-state index contributed by atoms with van der Waals surface area (Å²) in [7, 11) is 0. The van der Waals surface area contributed by atoms with Crippen LogP contribution in [0.25, 0.3) is 0 Å². The van der Waals surface area contributed by atoms with Crippen molar-refractivity contribution in [2.24, 2.45) is 17.8 Å². The number of hydrogen-bond donors (Lipinski definition) is 1. The fraction of sp³-hybridized carbons (Fsp3) is 1.00. The van der Waals surface area contributed by atoms with Crippen LogP contribution in [-0.2, 0) is 0 Å². The third kappa shape index (κ3) is 3.76. The quantitative estimate of drug-likeness (QED) is 0.738.